The van der Waals surface area contributed by atoms with Crippen molar-refractivity contribution in [1.29, 1.82) is 0 Å². The van der Waals surface area contributed by atoms with Crippen LogP contribution in [0.1, 0.15) is 29.5 Å². The predicted molar refractivity (Wildman–Crippen MR) is 103 cm³/mol. The van der Waals surface area contributed by atoms with Gasteiger partial charge in [0.1, 0.15) is 0 Å². The zero-order valence-electron chi connectivity index (χ0n) is 14.8. The Kier molecular flexibility index (Phi) is 4.52. The molecule has 0 aliphatic heterocycles. The molecule has 0 bridgehead atoms. The Hall–Kier alpha value is -2.59. The summed E-state index contributed by atoms with van der Waals surface area (Å²) in [5.41, 5.74) is 1.21. The van der Waals surface area contributed by atoms with Crippen LogP contribution in [0, 0.1) is 0 Å². The number of fused-ring (bicyclic) bond motifs is 1. The summed E-state index contributed by atoms with van der Waals surface area (Å²) in [5, 5.41) is 6.07. The lowest BCUT2D eigenvalue weighted by Gasteiger charge is -2.19. The van der Waals surface area contributed by atoms with Gasteiger partial charge in [-0.1, -0.05) is 66.7 Å². The molecular weight excluding hydrogens is 347 g/mol. The van der Waals surface area contributed by atoms with Crippen molar-refractivity contribution in [2.24, 2.45) is 0 Å². The van der Waals surface area contributed by atoms with Crippen molar-refractivity contribution < 1.29 is 13.2 Å². The number of hydrogen-bond donors (Lipinski definition) is 1. The van der Waals surface area contributed by atoms with Crippen LogP contribution in [-0.2, 0) is 11.7 Å². The average Bonchev–Trinajstić information content (AvgIpc) is 3.45. The van der Waals surface area contributed by atoms with Gasteiger partial charge in [-0.25, -0.2) is 0 Å². The van der Waals surface area contributed by atoms with E-state index in [0.29, 0.717) is 12.1 Å². The first-order valence-corrected chi connectivity index (χ1v) is 9.05. The molecule has 0 radical (unpaired) electrons. The highest BCUT2D eigenvalue weighted by atomic mass is 19.4. The zero-order chi connectivity index (χ0) is 18.9. The summed E-state index contributed by atoms with van der Waals surface area (Å²) < 4.78 is 38.4. The van der Waals surface area contributed by atoms with Crippen LogP contribution in [-0.4, -0.2) is 6.54 Å². The molecule has 0 heterocycles. The second kappa shape index (κ2) is 6.86. The summed E-state index contributed by atoms with van der Waals surface area (Å²) in [4.78, 5) is 0. The minimum absolute atomic E-state index is 0.0287. The van der Waals surface area contributed by atoms with E-state index in [1.807, 2.05) is 12.1 Å². The van der Waals surface area contributed by atoms with Gasteiger partial charge in [0.15, 0.2) is 0 Å². The van der Waals surface area contributed by atoms with Crippen LogP contribution >= 0.6 is 0 Å². The first-order valence-electron chi connectivity index (χ1n) is 9.05. The number of hydrogen-bond acceptors (Lipinski definition) is 1. The molecule has 27 heavy (non-hydrogen) atoms. The number of alkyl halides is 3. The molecule has 0 atom stereocenters. The number of rotatable bonds is 5. The molecule has 0 saturated heterocycles. The van der Waals surface area contributed by atoms with E-state index in [1.165, 1.54) is 28.5 Å². The molecule has 0 spiro atoms. The summed E-state index contributed by atoms with van der Waals surface area (Å²) in [6, 6.07) is 20.1. The number of benzene rings is 3. The Balaban J connectivity index is 1.47. The number of nitrogens with one attached hydrogen (secondary N) is 1. The van der Waals surface area contributed by atoms with E-state index >= 15 is 0 Å². The van der Waals surface area contributed by atoms with Gasteiger partial charge in [0.2, 0.25) is 0 Å². The Bertz CT molecular complexity index is 979. The molecule has 1 aliphatic rings. The van der Waals surface area contributed by atoms with Crippen molar-refractivity contribution in [2.45, 2.75) is 24.6 Å². The molecule has 4 rings (SSSR count). The quantitative estimate of drug-likeness (QED) is 0.570. The van der Waals surface area contributed by atoms with Crippen molar-refractivity contribution in [3.05, 3.63) is 89.5 Å². The maximum Gasteiger partial charge on any atom is 0.416 e. The lowest BCUT2D eigenvalue weighted by molar-refractivity contribution is -0.137. The molecule has 3 aromatic rings. The first-order chi connectivity index (χ1) is 13.0. The second-order valence-electron chi connectivity index (χ2n) is 7.02. The van der Waals surface area contributed by atoms with Gasteiger partial charge >= 0.3 is 6.18 Å². The lowest BCUT2D eigenvalue weighted by Crippen LogP contribution is -2.29. The van der Waals surface area contributed by atoms with Gasteiger partial charge in [-0.15, -0.1) is 0 Å². The molecule has 1 saturated carbocycles. The summed E-state index contributed by atoms with van der Waals surface area (Å²) in [6.45, 7) is 0.611. The molecule has 138 valence electrons. The monoisotopic (exact) mass is 367 g/mol. The van der Waals surface area contributed by atoms with E-state index < -0.39 is 11.7 Å². The summed E-state index contributed by atoms with van der Waals surface area (Å²) in [6.07, 6.45) is 1.45. The number of halogens is 3. The smallest absolute Gasteiger partial charge is 0.304 e. The Morgan fingerprint density at radius 1 is 0.926 bits per heavy atom. The van der Waals surface area contributed by atoms with E-state index in [-0.39, 0.29) is 5.54 Å². The standard InChI is InChI=1S/C23H20F3N/c24-23(25,26)19-10-3-6-17(16-19)7-5-15-27-22(13-14-22)21-12-4-9-18-8-1-2-11-20(18)21/h1-12,16,27H,13-15H2/b7-5+. The molecule has 1 fully saturated rings. The maximum atomic E-state index is 12.8. The van der Waals surface area contributed by atoms with E-state index in [4.69, 9.17) is 0 Å². The topological polar surface area (TPSA) is 12.0 Å². The highest BCUT2D eigenvalue weighted by molar-refractivity contribution is 5.87. The first kappa shape index (κ1) is 17.8. The molecule has 1 nitrogen and oxygen atoms in total. The fraction of sp³-hybridized carbons (Fsp3) is 0.217. The van der Waals surface area contributed by atoms with Crippen LogP contribution < -0.4 is 5.32 Å². The average molecular weight is 367 g/mol. The van der Waals surface area contributed by atoms with Gasteiger partial charge in [0, 0.05) is 12.1 Å². The summed E-state index contributed by atoms with van der Waals surface area (Å²) in [5.74, 6) is 0. The van der Waals surface area contributed by atoms with Gasteiger partial charge in [0.05, 0.1) is 5.56 Å². The van der Waals surface area contributed by atoms with Crippen LogP contribution in [0.4, 0.5) is 13.2 Å². The van der Waals surface area contributed by atoms with Crippen LogP contribution in [0.5, 0.6) is 0 Å². The third kappa shape index (κ3) is 3.76. The molecule has 4 heteroatoms. The van der Waals surface area contributed by atoms with Crippen LogP contribution in [0.15, 0.2) is 72.8 Å². The molecule has 0 amide bonds. The van der Waals surface area contributed by atoms with E-state index in [9.17, 15) is 13.2 Å². The van der Waals surface area contributed by atoms with Crippen molar-refractivity contribution in [1.82, 2.24) is 5.32 Å². The van der Waals surface area contributed by atoms with Crippen LogP contribution in [0.25, 0.3) is 16.8 Å². The predicted octanol–water partition coefficient (Wildman–Crippen LogP) is 6.15. The SMILES string of the molecule is FC(F)(F)c1cccc(/C=C/CNC2(c3cccc4ccccc34)CC2)c1. The zero-order valence-corrected chi connectivity index (χ0v) is 14.8. The van der Waals surface area contributed by atoms with Gasteiger partial charge in [-0.2, -0.15) is 13.2 Å². The molecule has 0 unspecified atom stereocenters. The largest absolute Gasteiger partial charge is 0.416 e. The molecule has 1 aliphatic carbocycles. The third-order valence-corrected chi connectivity index (χ3v) is 5.14. The van der Waals surface area contributed by atoms with Crippen molar-refractivity contribution in [3.63, 3.8) is 0 Å². The van der Waals surface area contributed by atoms with Crippen molar-refractivity contribution in [3.8, 4) is 0 Å². The van der Waals surface area contributed by atoms with Crippen molar-refractivity contribution >= 4 is 16.8 Å². The van der Waals surface area contributed by atoms with Gasteiger partial charge in [-0.05, 0) is 46.9 Å². The van der Waals surface area contributed by atoms with Gasteiger partial charge in [-0.3, -0.25) is 0 Å². The second-order valence-corrected chi connectivity index (χ2v) is 7.02. The Morgan fingerprint density at radius 3 is 2.44 bits per heavy atom. The fourth-order valence-corrected chi connectivity index (χ4v) is 3.58. The molecular formula is C23H20F3N. The third-order valence-electron chi connectivity index (χ3n) is 5.14. The highest BCUT2D eigenvalue weighted by Crippen LogP contribution is 2.47. The summed E-state index contributed by atoms with van der Waals surface area (Å²) in [7, 11) is 0. The molecule has 3 aromatic carbocycles. The fourth-order valence-electron chi connectivity index (χ4n) is 3.58. The minimum atomic E-state index is -4.31. The Morgan fingerprint density at radius 2 is 1.67 bits per heavy atom. The maximum absolute atomic E-state index is 12.8. The molecule has 0 aromatic heterocycles. The minimum Gasteiger partial charge on any atom is -0.304 e. The summed E-state index contributed by atoms with van der Waals surface area (Å²) >= 11 is 0. The van der Waals surface area contributed by atoms with E-state index in [0.717, 1.165) is 18.9 Å². The lowest BCUT2D eigenvalue weighted by atomic mass is 9.97. The van der Waals surface area contributed by atoms with E-state index in [1.54, 1.807) is 12.1 Å². The highest BCUT2D eigenvalue weighted by Gasteiger charge is 2.44. The van der Waals surface area contributed by atoms with Gasteiger partial charge in [0.25, 0.3) is 0 Å². The normalized spacial score (nSPS) is 16.1. The van der Waals surface area contributed by atoms with Gasteiger partial charge < -0.3 is 5.32 Å². The van der Waals surface area contributed by atoms with Crippen molar-refractivity contribution in [2.75, 3.05) is 6.54 Å². The van der Waals surface area contributed by atoms with Crippen LogP contribution in [0.2, 0.25) is 0 Å². The van der Waals surface area contributed by atoms with E-state index in [2.05, 4.69) is 41.7 Å². The Labute approximate surface area is 156 Å². The molecule has 1 N–H and O–H groups in total. The van der Waals surface area contributed by atoms with Crippen LogP contribution in [0.3, 0.4) is 0 Å².